The molecule has 3 aliphatic rings. The van der Waals surface area contributed by atoms with Crippen LogP contribution in [0.4, 0.5) is 0 Å². The van der Waals surface area contributed by atoms with Crippen LogP contribution in [0.1, 0.15) is 62.1 Å². The van der Waals surface area contributed by atoms with Gasteiger partial charge in [0.2, 0.25) is 17.7 Å². The molecule has 42 heavy (non-hydrogen) atoms. The summed E-state index contributed by atoms with van der Waals surface area (Å²) < 4.78 is 5.47. The van der Waals surface area contributed by atoms with Gasteiger partial charge in [0, 0.05) is 44.5 Å². The zero-order chi connectivity index (χ0) is 29.5. The number of nitrogens with one attached hydrogen (secondary N) is 1. The van der Waals surface area contributed by atoms with Crippen LogP contribution in [-0.4, -0.2) is 77.7 Å². The molecule has 0 aliphatic carbocycles. The van der Waals surface area contributed by atoms with Crippen molar-refractivity contribution in [2.75, 3.05) is 26.3 Å². The van der Waals surface area contributed by atoms with E-state index in [0.717, 1.165) is 36.0 Å². The van der Waals surface area contributed by atoms with Gasteiger partial charge >= 0.3 is 0 Å². The molecule has 0 bridgehead atoms. The van der Waals surface area contributed by atoms with E-state index in [-0.39, 0.29) is 36.3 Å². The average molecular weight is 574 g/mol. The van der Waals surface area contributed by atoms with E-state index in [9.17, 15) is 19.2 Å². The highest BCUT2D eigenvalue weighted by atomic mass is 16.5. The molecule has 4 atom stereocenters. The molecular formula is C34H43N3O5. The fourth-order valence-corrected chi connectivity index (χ4v) is 6.73. The summed E-state index contributed by atoms with van der Waals surface area (Å²) in [4.78, 5) is 58.4. The Kier molecular flexibility index (Phi) is 10.1. The number of rotatable bonds is 8. The molecule has 0 aromatic heterocycles. The first-order chi connectivity index (χ1) is 20.4. The third-order valence-corrected chi connectivity index (χ3v) is 8.87. The Morgan fingerprint density at radius 1 is 0.762 bits per heavy atom. The standard InChI is InChI=1S/C34H43N3O5/c1-2-42-19-16-24-12-14-26(15-13-24)20-27-22-29(38)23-28(21-25-8-4-3-5-9-25)35-32(39)30-10-6-17-36(30)34(41)31-11-7-18-37(31)33(27)40/h3-5,8-9,12-15,27-28,30-31H,2,6-7,10-11,16-23H2,1H3,(H,35,39)/t27-,28+,30+,31+/m1/s1. The highest BCUT2D eigenvalue weighted by molar-refractivity contribution is 5.95. The van der Waals surface area contributed by atoms with Gasteiger partial charge in [0.05, 0.1) is 6.61 Å². The molecule has 2 aromatic rings. The van der Waals surface area contributed by atoms with Crippen LogP contribution >= 0.6 is 0 Å². The summed E-state index contributed by atoms with van der Waals surface area (Å²) in [5.74, 6) is -1.09. The van der Waals surface area contributed by atoms with Crippen LogP contribution in [0, 0.1) is 5.92 Å². The lowest BCUT2D eigenvalue weighted by Gasteiger charge is -2.32. The number of ketones is 1. The molecule has 5 rings (SSSR count). The normalized spacial score (nSPS) is 25.4. The number of amides is 3. The van der Waals surface area contributed by atoms with Gasteiger partial charge in [0.1, 0.15) is 17.9 Å². The topological polar surface area (TPSA) is 96.0 Å². The van der Waals surface area contributed by atoms with Gasteiger partial charge in [0.15, 0.2) is 0 Å². The predicted octanol–water partition coefficient (Wildman–Crippen LogP) is 3.50. The lowest BCUT2D eigenvalue weighted by molar-refractivity contribution is -0.148. The van der Waals surface area contributed by atoms with E-state index in [1.54, 1.807) is 9.80 Å². The van der Waals surface area contributed by atoms with Gasteiger partial charge in [-0.25, -0.2) is 0 Å². The molecule has 2 aromatic carbocycles. The summed E-state index contributed by atoms with van der Waals surface area (Å²) in [7, 11) is 0. The van der Waals surface area contributed by atoms with E-state index in [1.807, 2.05) is 49.4 Å². The number of ether oxygens (including phenoxy) is 1. The van der Waals surface area contributed by atoms with E-state index in [1.165, 1.54) is 0 Å². The largest absolute Gasteiger partial charge is 0.381 e. The lowest BCUT2D eigenvalue weighted by atomic mass is 9.89. The van der Waals surface area contributed by atoms with Gasteiger partial charge in [0.25, 0.3) is 0 Å². The molecular weight excluding hydrogens is 530 g/mol. The monoisotopic (exact) mass is 573 g/mol. The molecule has 0 radical (unpaired) electrons. The summed E-state index contributed by atoms with van der Waals surface area (Å²) in [6.45, 7) is 4.33. The number of nitrogens with zero attached hydrogens (tertiary/aromatic N) is 2. The molecule has 0 saturated carbocycles. The molecule has 3 aliphatic heterocycles. The molecule has 8 nitrogen and oxygen atoms in total. The SMILES string of the molecule is CCOCCc1ccc(C[C@@H]2CC(=O)C[C@H](Cc3ccccc3)NC(=O)[C@@H]3CCCN3C(=O)[C@@H]3CCCN3C2=O)cc1. The highest BCUT2D eigenvalue weighted by Gasteiger charge is 2.44. The van der Waals surface area contributed by atoms with Crippen LogP contribution in [0.15, 0.2) is 54.6 Å². The van der Waals surface area contributed by atoms with Gasteiger partial charge in [-0.15, -0.1) is 0 Å². The number of hydrogen-bond acceptors (Lipinski definition) is 5. The average Bonchev–Trinajstić information content (AvgIpc) is 3.68. The number of Topliss-reactive ketones (excluding diaryl/α,β-unsaturated/α-hetero) is 1. The second-order valence-electron chi connectivity index (χ2n) is 11.9. The Labute approximate surface area is 248 Å². The maximum atomic E-state index is 14.1. The first-order valence-corrected chi connectivity index (χ1v) is 15.6. The van der Waals surface area contributed by atoms with Crippen molar-refractivity contribution in [3.63, 3.8) is 0 Å². The van der Waals surface area contributed by atoms with Crippen LogP contribution in [0.3, 0.4) is 0 Å². The van der Waals surface area contributed by atoms with Crippen molar-refractivity contribution < 1.29 is 23.9 Å². The van der Waals surface area contributed by atoms with Crippen LogP contribution < -0.4 is 5.32 Å². The fraction of sp³-hybridized carbons (Fsp3) is 0.529. The lowest BCUT2D eigenvalue weighted by Crippen LogP contribution is -2.54. The zero-order valence-corrected chi connectivity index (χ0v) is 24.6. The van der Waals surface area contributed by atoms with Gasteiger partial charge in [-0.3, -0.25) is 19.2 Å². The summed E-state index contributed by atoms with van der Waals surface area (Å²) in [6.07, 6.45) is 4.64. The molecule has 224 valence electrons. The van der Waals surface area contributed by atoms with Gasteiger partial charge < -0.3 is 19.9 Å². The quantitative estimate of drug-likeness (QED) is 0.488. The second kappa shape index (κ2) is 14.1. The van der Waals surface area contributed by atoms with E-state index >= 15 is 0 Å². The van der Waals surface area contributed by atoms with E-state index < -0.39 is 24.0 Å². The van der Waals surface area contributed by atoms with Crippen molar-refractivity contribution in [3.8, 4) is 0 Å². The van der Waals surface area contributed by atoms with Crippen LogP contribution in [-0.2, 0) is 43.2 Å². The molecule has 3 fully saturated rings. The molecule has 3 saturated heterocycles. The van der Waals surface area contributed by atoms with Gasteiger partial charge in [-0.1, -0.05) is 54.6 Å². The Morgan fingerprint density at radius 3 is 2.12 bits per heavy atom. The zero-order valence-electron chi connectivity index (χ0n) is 24.6. The first-order valence-electron chi connectivity index (χ1n) is 15.6. The number of benzene rings is 2. The van der Waals surface area contributed by atoms with Crippen molar-refractivity contribution >= 4 is 23.5 Å². The van der Waals surface area contributed by atoms with Gasteiger partial charge in [-0.05, 0) is 68.6 Å². The van der Waals surface area contributed by atoms with Gasteiger partial charge in [-0.2, -0.15) is 0 Å². The maximum Gasteiger partial charge on any atom is 0.246 e. The number of hydrogen-bond donors (Lipinski definition) is 1. The second-order valence-corrected chi connectivity index (χ2v) is 11.9. The molecule has 8 heteroatoms. The number of carbonyl (C=O) groups excluding carboxylic acids is 4. The van der Waals surface area contributed by atoms with Crippen molar-refractivity contribution in [3.05, 3.63) is 71.3 Å². The third-order valence-electron chi connectivity index (χ3n) is 8.87. The van der Waals surface area contributed by atoms with Crippen molar-refractivity contribution in [1.29, 1.82) is 0 Å². The Bertz CT molecular complexity index is 1250. The third kappa shape index (κ3) is 7.27. The Morgan fingerprint density at radius 2 is 1.40 bits per heavy atom. The summed E-state index contributed by atoms with van der Waals surface area (Å²) in [5, 5.41) is 3.13. The van der Waals surface area contributed by atoms with Crippen molar-refractivity contribution in [1.82, 2.24) is 15.1 Å². The number of fused-ring (bicyclic) bond motifs is 2. The minimum absolute atomic E-state index is 0.0486. The molecule has 3 amide bonds. The van der Waals surface area contributed by atoms with Crippen molar-refractivity contribution in [2.45, 2.75) is 82.8 Å². The van der Waals surface area contributed by atoms with Crippen LogP contribution in [0.2, 0.25) is 0 Å². The van der Waals surface area contributed by atoms with Crippen LogP contribution in [0.25, 0.3) is 0 Å². The first kappa shape index (κ1) is 30.0. The summed E-state index contributed by atoms with van der Waals surface area (Å²) in [6, 6.07) is 16.4. The Balaban J connectivity index is 1.41. The van der Waals surface area contributed by atoms with E-state index in [0.29, 0.717) is 52.0 Å². The van der Waals surface area contributed by atoms with Crippen LogP contribution in [0.5, 0.6) is 0 Å². The van der Waals surface area contributed by atoms with E-state index in [4.69, 9.17) is 4.74 Å². The molecule has 0 spiro atoms. The maximum absolute atomic E-state index is 14.1. The smallest absolute Gasteiger partial charge is 0.246 e. The Hall–Kier alpha value is -3.52. The molecule has 0 unspecified atom stereocenters. The number of carbonyl (C=O) groups is 4. The highest BCUT2D eigenvalue weighted by Crippen LogP contribution is 2.29. The minimum Gasteiger partial charge on any atom is -0.381 e. The fourth-order valence-electron chi connectivity index (χ4n) is 6.73. The minimum atomic E-state index is -0.578. The molecule has 3 heterocycles. The van der Waals surface area contributed by atoms with Crippen molar-refractivity contribution in [2.24, 2.45) is 5.92 Å². The summed E-state index contributed by atoms with van der Waals surface area (Å²) in [5.41, 5.74) is 3.17. The predicted molar refractivity (Wildman–Crippen MR) is 160 cm³/mol. The summed E-state index contributed by atoms with van der Waals surface area (Å²) >= 11 is 0. The molecule has 1 N–H and O–H groups in total. The van der Waals surface area contributed by atoms with E-state index in [2.05, 4.69) is 17.4 Å².